The largest absolute Gasteiger partial charge is 0.403 e. The zero-order valence-corrected chi connectivity index (χ0v) is 15.0. The van der Waals surface area contributed by atoms with E-state index in [-0.39, 0.29) is 23.7 Å². The van der Waals surface area contributed by atoms with Crippen LogP contribution >= 0.6 is 22.6 Å². The third kappa shape index (κ3) is 5.73. The van der Waals surface area contributed by atoms with Gasteiger partial charge in [-0.25, -0.2) is 0 Å². The summed E-state index contributed by atoms with van der Waals surface area (Å²) in [4.78, 5) is 0. The molecule has 0 aromatic heterocycles. The molecule has 0 heterocycles. The molecule has 2 atom stereocenters. The second-order valence-corrected chi connectivity index (χ2v) is 11.3. The summed E-state index contributed by atoms with van der Waals surface area (Å²) in [5.74, 6) is 3.41. The van der Waals surface area contributed by atoms with E-state index in [2.05, 4.69) is 50.6 Å². The molecule has 0 rings (SSSR count). The quantitative estimate of drug-likeness (QED) is 0.455. The Kier molecular flexibility index (Phi) is 7.30. The molecule has 0 aliphatic rings. The molecule has 0 spiro atoms. The van der Waals surface area contributed by atoms with Crippen LogP contribution in [-0.4, -0.2) is 26.1 Å². The van der Waals surface area contributed by atoms with Crippen molar-refractivity contribution in [1.29, 1.82) is 0 Å². The monoisotopic (exact) mass is 368 g/mol. The smallest absolute Gasteiger partial charge is 0.193 e. The molecular weight excluding hydrogens is 343 g/mol. The Balaban J connectivity index is 4.81. The molecule has 0 aromatic rings. The van der Waals surface area contributed by atoms with Gasteiger partial charge in [0.2, 0.25) is 0 Å². The summed E-state index contributed by atoms with van der Waals surface area (Å²) < 4.78 is 9.22. The van der Waals surface area contributed by atoms with E-state index in [4.69, 9.17) is 9.53 Å². The molecule has 0 aliphatic heterocycles. The maximum atomic E-state index is 9.02. The fraction of sp³-hybridized carbons (Fsp3) is 0.846. The summed E-state index contributed by atoms with van der Waals surface area (Å²) in [5, 5.41) is 9.21. The lowest BCUT2D eigenvalue weighted by Crippen LogP contribution is -2.45. The van der Waals surface area contributed by atoms with Gasteiger partial charge in [-0.15, -0.1) is 0 Å². The Morgan fingerprint density at radius 2 is 1.88 bits per heavy atom. The van der Waals surface area contributed by atoms with Gasteiger partial charge in [0, 0.05) is 29.2 Å². The van der Waals surface area contributed by atoms with Gasteiger partial charge < -0.3 is 9.53 Å². The van der Waals surface area contributed by atoms with Gasteiger partial charge in [0.1, 0.15) is 6.10 Å². The van der Waals surface area contributed by atoms with Crippen LogP contribution in [0, 0.1) is 15.8 Å². The van der Waals surface area contributed by atoms with E-state index in [9.17, 15) is 0 Å². The SMILES string of the molecule is C[C@@H](CCO)[C@@H](C#CI)O[Si](C)(C)C(C)(C)C. The van der Waals surface area contributed by atoms with Gasteiger partial charge >= 0.3 is 0 Å². The molecule has 0 saturated heterocycles. The highest BCUT2D eigenvalue weighted by molar-refractivity contribution is 14.1. The van der Waals surface area contributed by atoms with E-state index in [1.807, 2.05) is 22.6 Å². The highest BCUT2D eigenvalue weighted by atomic mass is 127. The zero-order chi connectivity index (χ0) is 13.7. The van der Waals surface area contributed by atoms with Crippen molar-refractivity contribution in [2.45, 2.75) is 58.4 Å². The van der Waals surface area contributed by atoms with Crippen molar-refractivity contribution in [3.63, 3.8) is 0 Å². The summed E-state index contributed by atoms with van der Waals surface area (Å²) in [6.45, 7) is 13.4. The van der Waals surface area contributed by atoms with E-state index in [1.165, 1.54) is 0 Å². The third-order valence-electron chi connectivity index (χ3n) is 3.53. The van der Waals surface area contributed by atoms with E-state index in [0.29, 0.717) is 0 Å². The van der Waals surface area contributed by atoms with Crippen molar-refractivity contribution in [1.82, 2.24) is 0 Å². The van der Waals surface area contributed by atoms with Crippen LogP contribution in [0.1, 0.15) is 34.1 Å². The van der Waals surface area contributed by atoms with Crippen LogP contribution in [0.15, 0.2) is 0 Å². The summed E-state index contributed by atoms with van der Waals surface area (Å²) in [5.41, 5.74) is 0. The maximum Gasteiger partial charge on any atom is 0.193 e. The highest BCUT2D eigenvalue weighted by Crippen LogP contribution is 2.38. The van der Waals surface area contributed by atoms with Crippen molar-refractivity contribution in [3.05, 3.63) is 0 Å². The van der Waals surface area contributed by atoms with Crippen LogP contribution in [0.3, 0.4) is 0 Å². The topological polar surface area (TPSA) is 29.5 Å². The molecule has 0 amide bonds. The maximum absolute atomic E-state index is 9.02. The zero-order valence-electron chi connectivity index (χ0n) is 11.8. The van der Waals surface area contributed by atoms with Gasteiger partial charge in [0.05, 0.1) is 0 Å². The first-order valence-corrected chi connectivity index (χ1v) is 10.0. The van der Waals surface area contributed by atoms with Crippen LogP contribution in [0.4, 0.5) is 0 Å². The van der Waals surface area contributed by atoms with Crippen LogP contribution in [0.2, 0.25) is 18.1 Å². The van der Waals surface area contributed by atoms with Crippen molar-refractivity contribution >= 4 is 30.9 Å². The molecule has 17 heavy (non-hydrogen) atoms. The van der Waals surface area contributed by atoms with Crippen LogP contribution in [0.25, 0.3) is 0 Å². The van der Waals surface area contributed by atoms with E-state index >= 15 is 0 Å². The third-order valence-corrected chi connectivity index (χ3v) is 8.29. The normalized spacial score (nSPS) is 16.0. The van der Waals surface area contributed by atoms with E-state index in [1.54, 1.807) is 0 Å². The lowest BCUT2D eigenvalue weighted by atomic mass is 10.0. The standard InChI is InChI=1S/C13H25IO2Si/c1-11(8-10-15)12(7-9-14)16-17(5,6)13(2,3)4/h11-12,15H,8,10H2,1-6H3/t11-,12+/m0/s1. The Morgan fingerprint density at radius 3 is 2.24 bits per heavy atom. The molecule has 4 heteroatoms. The summed E-state index contributed by atoms with van der Waals surface area (Å²) in [7, 11) is -1.78. The van der Waals surface area contributed by atoms with E-state index in [0.717, 1.165) is 6.42 Å². The summed E-state index contributed by atoms with van der Waals surface area (Å²) in [6, 6.07) is 0. The number of aliphatic hydroxyl groups is 1. The number of aliphatic hydroxyl groups excluding tert-OH is 1. The minimum atomic E-state index is -1.78. The summed E-state index contributed by atoms with van der Waals surface area (Å²) in [6.07, 6.45) is 0.685. The average Bonchev–Trinajstić information content (AvgIpc) is 2.15. The van der Waals surface area contributed by atoms with Gasteiger partial charge in [0.15, 0.2) is 8.32 Å². The molecule has 0 radical (unpaired) electrons. The molecule has 100 valence electrons. The van der Waals surface area contributed by atoms with Crippen molar-refractivity contribution < 1.29 is 9.53 Å². The molecular formula is C13H25IO2Si. The highest BCUT2D eigenvalue weighted by Gasteiger charge is 2.39. The predicted octanol–water partition coefficient (Wildman–Crippen LogP) is 3.79. The second-order valence-electron chi connectivity index (χ2n) is 6.03. The van der Waals surface area contributed by atoms with E-state index < -0.39 is 8.32 Å². The Hall–Kier alpha value is 0.427. The first-order valence-electron chi connectivity index (χ1n) is 6.05. The second kappa shape index (κ2) is 7.12. The average molecular weight is 368 g/mol. The number of rotatable bonds is 5. The number of hydrogen-bond donors (Lipinski definition) is 1. The molecule has 2 nitrogen and oxygen atoms in total. The number of hydrogen-bond acceptors (Lipinski definition) is 2. The van der Waals surface area contributed by atoms with Gasteiger partial charge in [-0.05, 0) is 34.4 Å². The molecule has 0 aliphatic carbocycles. The first kappa shape index (κ1) is 17.4. The Morgan fingerprint density at radius 1 is 1.35 bits per heavy atom. The van der Waals surface area contributed by atoms with Gasteiger partial charge in [-0.2, -0.15) is 0 Å². The fourth-order valence-corrected chi connectivity index (χ4v) is 2.78. The number of halogens is 1. The van der Waals surface area contributed by atoms with Gasteiger partial charge in [-0.3, -0.25) is 0 Å². The molecule has 0 bridgehead atoms. The molecule has 0 aromatic carbocycles. The Bertz CT molecular complexity index is 286. The first-order chi connectivity index (χ1) is 7.65. The molecule has 0 fully saturated rings. The minimum Gasteiger partial charge on any atom is -0.403 e. The lowest BCUT2D eigenvalue weighted by Gasteiger charge is -2.39. The van der Waals surface area contributed by atoms with Gasteiger partial charge in [-0.1, -0.05) is 33.6 Å². The van der Waals surface area contributed by atoms with Crippen molar-refractivity contribution in [3.8, 4) is 9.85 Å². The van der Waals surface area contributed by atoms with Gasteiger partial charge in [0.25, 0.3) is 0 Å². The lowest BCUT2D eigenvalue weighted by molar-refractivity contribution is 0.150. The molecule has 0 unspecified atom stereocenters. The predicted molar refractivity (Wildman–Crippen MR) is 84.7 cm³/mol. The van der Waals surface area contributed by atoms with Crippen molar-refractivity contribution in [2.24, 2.45) is 5.92 Å². The fourth-order valence-electron chi connectivity index (χ4n) is 1.19. The summed E-state index contributed by atoms with van der Waals surface area (Å²) >= 11 is 2.05. The van der Waals surface area contributed by atoms with Crippen LogP contribution in [0.5, 0.6) is 0 Å². The Labute approximate surface area is 121 Å². The molecule has 1 N–H and O–H groups in total. The minimum absolute atomic E-state index is 0.0556. The molecule has 0 saturated carbocycles. The van der Waals surface area contributed by atoms with Crippen LogP contribution < -0.4 is 0 Å². The van der Waals surface area contributed by atoms with Crippen LogP contribution in [-0.2, 0) is 4.43 Å². The van der Waals surface area contributed by atoms with Crippen molar-refractivity contribution in [2.75, 3.05) is 6.61 Å².